The van der Waals surface area contributed by atoms with Crippen molar-refractivity contribution in [2.24, 2.45) is 5.92 Å². The number of hydrogen-bond acceptors (Lipinski definition) is 3. The van der Waals surface area contributed by atoms with Crippen molar-refractivity contribution in [3.63, 3.8) is 0 Å². The van der Waals surface area contributed by atoms with Gasteiger partial charge in [-0.25, -0.2) is 0 Å². The average molecular weight is 339 g/mol. The molecule has 3 unspecified atom stereocenters. The molecular formula is C20H21NO4. The van der Waals surface area contributed by atoms with Gasteiger partial charge in [-0.15, -0.1) is 0 Å². The Balaban J connectivity index is 1.72. The fourth-order valence-electron chi connectivity index (χ4n) is 3.28. The van der Waals surface area contributed by atoms with Crippen LogP contribution in [-0.4, -0.2) is 41.1 Å². The lowest BCUT2D eigenvalue weighted by atomic mass is 9.89. The lowest BCUT2D eigenvalue weighted by Crippen LogP contribution is -2.39. The first-order valence-electron chi connectivity index (χ1n) is 8.34. The Kier molecular flexibility index (Phi) is 5.03. The number of likely N-dealkylation sites (tertiary alicyclic amines) is 1. The van der Waals surface area contributed by atoms with Crippen LogP contribution in [0.1, 0.15) is 18.4 Å². The molecule has 0 radical (unpaired) electrons. The molecule has 130 valence electrons. The van der Waals surface area contributed by atoms with Crippen LogP contribution in [0.3, 0.4) is 0 Å². The first-order chi connectivity index (χ1) is 12.1. The van der Waals surface area contributed by atoms with Crippen LogP contribution in [0.5, 0.6) is 5.75 Å². The summed E-state index contributed by atoms with van der Waals surface area (Å²) in [5.74, 6) is -1.24. The minimum Gasteiger partial charge on any atom is -0.481 e. The molecule has 3 rings (SSSR count). The zero-order chi connectivity index (χ0) is 17.8. The van der Waals surface area contributed by atoms with Gasteiger partial charge in [-0.2, -0.15) is 0 Å². The molecule has 1 aliphatic heterocycles. The third kappa shape index (κ3) is 3.82. The van der Waals surface area contributed by atoms with E-state index < -0.39 is 18.0 Å². The molecule has 1 heterocycles. The molecule has 0 spiro atoms. The second-order valence-corrected chi connectivity index (χ2v) is 6.28. The highest BCUT2D eigenvalue weighted by atomic mass is 16.5. The molecule has 0 saturated carbocycles. The number of carboxylic acid groups (broad SMARTS) is 1. The Hall–Kier alpha value is -2.82. The van der Waals surface area contributed by atoms with Gasteiger partial charge in [-0.1, -0.05) is 48.5 Å². The summed E-state index contributed by atoms with van der Waals surface area (Å²) in [6.45, 7) is 2.29. The fourth-order valence-corrected chi connectivity index (χ4v) is 3.28. The third-order valence-corrected chi connectivity index (χ3v) is 4.58. The Morgan fingerprint density at radius 2 is 1.64 bits per heavy atom. The van der Waals surface area contributed by atoms with E-state index in [0.29, 0.717) is 12.3 Å². The largest absolute Gasteiger partial charge is 0.481 e. The molecule has 3 atom stereocenters. The monoisotopic (exact) mass is 339 g/mol. The standard InChI is InChI=1S/C20H21NO4/c1-14(25-16-10-6-3-7-11-16)19(22)21-12-17(18(13-21)20(23)24)15-8-4-2-5-9-15/h2-11,14,17-18H,12-13H2,1H3,(H,23,24). The van der Waals surface area contributed by atoms with Gasteiger partial charge in [0.05, 0.1) is 5.92 Å². The number of benzene rings is 2. The van der Waals surface area contributed by atoms with Gasteiger partial charge in [0.2, 0.25) is 0 Å². The second kappa shape index (κ2) is 7.38. The zero-order valence-electron chi connectivity index (χ0n) is 14.0. The second-order valence-electron chi connectivity index (χ2n) is 6.28. The van der Waals surface area contributed by atoms with Gasteiger partial charge in [0.1, 0.15) is 5.75 Å². The summed E-state index contributed by atoms with van der Waals surface area (Å²) in [7, 11) is 0. The van der Waals surface area contributed by atoms with Gasteiger partial charge < -0.3 is 14.7 Å². The van der Waals surface area contributed by atoms with E-state index >= 15 is 0 Å². The SMILES string of the molecule is CC(Oc1ccccc1)C(=O)N1CC(C(=O)O)C(c2ccccc2)C1. The number of aliphatic carboxylic acids is 1. The smallest absolute Gasteiger partial charge is 0.308 e. The van der Waals surface area contributed by atoms with E-state index in [9.17, 15) is 14.7 Å². The maximum absolute atomic E-state index is 12.7. The van der Waals surface area contributed by atoms with Crippen molar-refractivity contribution in [3.05, 3.63) is 66.2 Å². The van der Waals surface area contributed by atoms with Crippen LogP contribution in [0, 0.1) is 5.92 Å². The van der Waals surface area contributed by atoms with Crippen molar-refractivity contribution in [1.82, 2.24) is 4.90 Å². The Morgan fingerprint density at radius 3 is 2.24 bits per heavy atom. The molecule has 1 aliphatic rings. The van der Waals surface area contributed by atoms with E-state index in [2.05, 4.69) is 0 Å². The molecule has 2 aromatic rings. The molecule has 1 amide bonds. The summed E-state index contributed by atoms with van der Waals surface area (Å²) >= 11 is 0. The van der Waals surface area contributed by atoms with Crippen LogP contribution in [0.4, 0.5) is 0 Å². The number of carbonyl (C=O) groups excluding carboxylic acids is 1. The van der Waals surface area contributed by atoms with Crippen LogP contribution < -0.4 is 4.74 Å². The number of hydrogen-bond donors (Lipinski definition) is 1. The van der Waals surface area contributed by atoms with Crippen molar-refractivity contribution in [3.8, 4) is 5.75 Å². The van der Waals surface area contributed by atoms with Gasteiger partial charge in [0.25, 0.3) is 5.91 Å². The molecule has 0 bridgehead atoms. The van der Waals surface area contributed by atoms with Gasteiger partial charge in [0.15, 0.2) is 6.10 Å². The Labute approximate surface area is 146 Å². The summed E-state index contributed by atoms with van der Waals surface area (Å²) in [6, 6.07) is 18.6. The molecular weight excluding hydrogens is 318 g/mol. The van der Waals surface area contributed by atoms with E-state index in [1.807, 2.05) is 48.5 Å². The van der Waals surface area contributed by atoms with E-state index in [4.69, 9.17) is 4.74 Å². The molecule has 1 saturated heterocycles. The summed E-state index contributed by atoms with van der Waals surface area (Å²) in [5.41, 5.74) is 0.946. The number of ether oxygens (including phenoxy) is 1. The molecule has 5 nitrogen and oxygen atoms in total. The highest BCUT2D eigenvalue weighted by Gasteiger charge is 2.41. The minimum absolute atomic E-state index is 0.187. The lowest BCUT2D eigenvalue weighted by Gasteiger charge is -2.21. The fraction of sp³-hybridized carbons (Fsp3) is 0.300. The maximum Gasteiger partial charge on any atom is 0.308 e. The molecule has 2 aromatic carbocycles. The summed E-state index contributed by atoms with van der Waals surface area (Å²) < 4.78 is 5.69. The van der Waals surface area contributed by atoms with Crippen molar-refractivity contribution >= 4 is 11.9 Å². The quantitative estimate of drug-likeness (QED) is 0.910. The third-order valence-electron chi connectivity index (χ3n) is 4.58. The average Bonchev–Trinajstić information content (AvgIpc) is 3.08. The van der Waals surface area contributed by atoms with E-state index in [1.54, 1.807) is 24.0 Å². The van der Waals surface area contributed by atoms with Crippen LogP contribution in [0.2, 0.25) is 0 Å². The number of para-hydroxylation sites is 1. The maximum atomic E-state index is 12.7. The molecule has 1 N–H and O–H groups in total. The Bertz CT molecular complexity index is 732. The van der Waals surface area contributed by atoms with Crippen molar-refractivity contribution in [1.29, 1.82) is 0 Å². The van der Waals surface area contributed by atoms with Crippen molar-refractivity contribution in [2.75, 3.05) is 13.1 Å². The van der Waals surface area contributed by atoms with Gasteiger partial charge in [-0.3, -0.25) is 9.59 Å². The molecule has 1 fully saturated rings. The predicted octanol–water partition coefficient (Wildman–Crippen LogP) is 2.78. The van der Waals surface area contributed by atoms with Crippen molar-refractivity contribution < 1.29 is 19.4 Å². The van der Waals surface area contributed by atoms with E-state index in [-0.39, 0.29) is 18.4 Å². The van der Waals surface area contributed by atoms with E-state index in [1.165, 1.54) is 0 Å². The number of nitrogens with zero attached hydrogens (tertiary/aromatic N) is 1. The van der Waals surface area contributed by atoms with Crippen LogP contribution in [0.15, 0.2) is 60.7 Å². The number of carbonyl (C=O) groups is 2. The normalized spacial score (nSPS) is 20.9. The molecule has 25 heavy (non-hydrogen) atoms. The number of rotatable bonds is 5. The Morgan fingerprint density at radius 1 is 1.04 bits per heavy atom. The summed E-state index contributed by atoms with van der Waals surface area (Å²) in [4.78, 5) is 25.9. The molecule has 0 aliphatic carbocycles. The minimum atomic E-state index is -0.874. The first kappa shape index (κ1) is 17.0. The van der Waals surface area contributed by atoms with Crippen LogP contribution >= 0.6 is 0 Å². The highest BCUT2D eigenvalue weighted by molar-refractivity contribution is 5.83. The topological polar surface area (TPSA) is 66.8 Å². The van der Waals surface area contributed by atoms with Crippen LogP contribution in [-0.2, 0) is 9.59 Å². The first-order valence-corrected chi connectivity index (χ1v) is 8.34. The molecule has 0 aromatic heterocycles. The zero-order valence-corrected chi connectivity index (χ0v) is 14.0. The number of amides is 1. The molecule has 5 heteroatoms. The summed E-state index contributed by atoms with van der Waals surface area (Å²) in [5, 5.41) is 9.55. The van der Waals surface area contributed by atoms with Gasteiger partial charge >= 0.3 is 5.97 Å². The van der Waals surface area contributed by atoms with E-state index in [0.717, 1.165) is 5.56 Å². The lowest BCUT2D eigenvalue weighted by molar-refractivity contribution is -0.142. The van der Waals surface area contributed by atoms with Crippen molar-refractivity contribution in [2.45, 2.75) is 18.9 Å². The van der Waals surface area contributed by atoms with Gasteiger partial charge in [-0.05, 0) is 24.6 Å². The predicted molar refractivity (Wildman–Crippen MR) is 93.4 cm³/mol. The highest BCUT2D eigenvalue weighted by Crippen LogP contribution is 2.33. The van der Waals surface area contributed by atoms with Crippen LogP contribution in [0.25, 0.3) is 0 Å². The number of carboxylic acids is 1. The van der Waals surface area contributed by atoms with Gasteiger partial charge in [0, 0.05) is 19.0 Å². The summed E-state index contributed by atoms with van der Waals surface area (Å²) in [6.07, 6.45) is -0.661.